The molecule has 23 heavy (non-hydrogen) atoms. The SMILES string of the molecule is CC(C)(C)N1CCC[C@@H]1CCCSCCCC(F)(F)C(F)(F)F. The molecular formula is C16H28F5NS. The Balaban J connectivity index is 2.12. The standard InChI is InChI=1S/C16H28F5NS/c1-14(2,3)22-10-4-7-13(22)8-5-11-23-12-6-9-15(17,18)16(19,20)21/h13H,4-12H2,1-3H3/t13-/m1/s1. The fraction of sp³-hybridized carbons (Fsp3) is 1.00. The largest absolute Gasteiger partial charge is 0.453 e. The van der Waals surface area contributed by atoms with Gasteiger partial charge in [-0.25, -0.2) is 0 Å². The molecule has 1 aliphatic heterocycles. The van der Waals surface area contributed by atoms with Crippen LogP contribution < -0.4 is 0 Å². The molecule has 0 unspecified atom stereocenters. The minimum Gasteiger partial charge on any atom is -0.296 e. The fourth-order valence-electron chi connectivity index (χ4n) is 3.08. The molecule has 7 heteroatoms. The van der Waals surface area contributed by atoms with Gasteiger partial charge in [-0.15, -0.1) is 0 Å². The van der Waals surface area contributed by atoms with Crippen LogP contribution in [0, 0.1) is 0 Å². The number of rotatable bonds is 8. The second-order valence-corrected chi connectivity index (χ2v) is 8.45. The molecule has 0 saturated carbocycles. The molecule has 0 amide bonds. The number of hydrogen-bond donors (Lipinski definition) is 0. The van der Waals surface area contributed by atoms with Gasteiger partial charge in [0.05, 0.1) is 0 Å². The molecule has 0 aliphatic carbocycles. The number of likely N-dealkylation sites (tertiary alicyclic amines) is 1. The Morgan fingerprint density at radius 2 is 1.61 bits per heavy atom. The molecule has 138 valence electrons. The minimum absolute atomic E-state index is 0.102. The highest BCUT2D eigenvalue weighted by molar-refractivity contribution is 7.99. The van der Waals surface area contributed by atoms with Crippen LogP contribution in [0.25, 0.3) is 0 Å². The van der Waals surface area contributed by atoms with Crippen LogP contribution in [-0.2, 0) is 0 Å². The lowest BCUT2D eigenvalue weighted by Gasteiger charge is -2.37. The van der Waals surface area contributed by atoms with Crippen molar-refractivity contribution < 1.29 is 22.0 Å². The van der Waals surface area contributed by atoms with Gasteiger partial charge in [0, 0.05) is 18.0 Å². The third kappa shape index (κ3) is 6.77. The molecule has 0 aromatic carbocycles. The van der Waals surface area contributed by atoms with Gasteiger partial charge in [-0.3, -0.25) is 4.90 Å². The summed E-state index contributed by atoms with van der Waals surface area (Å²) in [6, 6.07) is 0.574. The average molecular weight is 361 g/mol. The summed E-state index contributed by atoms with van der Waals surface area (Å²) in [4.78, 5) is 2.52. The first kappa shape index (κ1) is 21.0. The molecule has 0 radical (unpaired) electrons. The Morgan fingerprint density at radius 3 is 2.17 bits per heavy atom. The third-order valence-electron chi connectivity index (χ3n) is 4.26. The Labute approximate surface area is 140 Å². The van der Waals surface area contributed by atoms with Crippen molar-refractivity contribution in [3.8, 4) is 0 Å². The van der Waals surface area contributed by atoms with Crippen LogP contribution in [0.5, 0.6) is 0 Å². The van der Waals surface area contributed by atoms with Gasteiger partial charge in [-0.1, -0.05) is 0 Å². The van der Waals surface area contributed by atoms with Gasteiger partial charge in [-0.05, 0) is 70.9 Å². The molecule has 0 aromatic rings. The van der Waals surface area contributed by atoms with Gasteiger partial charge in [0.15, 0.2) is 0 Å². The number of thioether (sulfide) groups is 1. The summed E-state index contributed by atoms with van der Waals surface area (Å²) in [6.07, 6.45) is -2.17. The van der Waals surface area contributed by atoms with Crippen molar-refractivity contribution in [1.82, 2.24) is 4.90 Å². The molecule has 0 bridgehead atoms. The summed E-state index contributed by atoms with van der Waals surface area (Å²) in [5, 5.41) is 0. The van der Waals surface area contributed by atoms with Crippen molar-refractivity contribution in [3.05, 3.63) is 0 Å². The topological polar surface area (TPSA) is 3.24 Å². The van der Waals surface area contributed by atoms with Crippen LogP contribution in [0.3, 0.4) is 0 Å². The molecule has 1 atom stereocenters. The highest BCUT2D eigenvalue weighted by Crippen LogP contribution is 2.39. The Hall–Kier alpha value is -0.0400. The maximum atomic E-state index is 12.7. The quantitative estimate of drug-likeness (QED) is 0.401. The van der Waals surface area contributed by atoms with E-state index in [2.05, 4.69) is 25.7 Å². The van der Waals surface area contributed by atoms with Crippen LogP contribution in [0.4, 0.5) is 22.0 Å². The zero-order valence-electron chi connectivity index (χ0n) is 14.2. The van der Waals surface area contributed by atoms with Crippen molar-refractivity contribution in [1.29, 1.82) is 0 Å². The third-order valence-corrected chi connectivity index (χ3v) is 5.41. The summed E-state index contributed by atoms with van der Waals surface area (Å²) in [6.45, 7) is 7.75. The highest BCUT2D eigenvalue weighted by Gasteiger charge is 2.56. The predicted octanol–water partition coefficient (Wildman–Crippen LogP) is 5.74. The second-order valence-electron chi connectivity index (χ2n) is 7.22. The van der Waals surface area contributed by atoms with E-state index in [9.17, 15) is 22.0 Å². The van der Waals surface area contributed by atoms with Crippen LogP contribution >= 0.6 is 11.8 Å². The normalized spacial score (nSPS) is 21.1. The van der Waals surface area contributed by atoms with Crippen molar-refractivity contribution in [2.24, 2.45) is 0 Å². The summed E-state index contributed by atoms with van der Waals surface area (Å²) in [7, 11) is 0. The lowest BCUT2D eigenvalue weighted by atomic mass is 10.0. The van der Waals surface area contributed by atoms with Gasteiger partial charge in [0.2, 0.25) is 0 Å². The van der Waals surface area contributed by atoms with Gasteiger partial charge in [0.25, 0.3) is 0 Å². The Bertz CT molecular complexity index is 351. The zero-order valence-corrected chi connectivity index (χ0v) is 15.0. The first-order valence-corrected chi connectivity index (χ1v) is 9.40. The molecule has 1 nitrogen and oxygen atoms in total. The molecular weight excluding hydrogens is 333 g/mol. The first-order chi connectivity index (χ1) is 10.5. The first-order valence-electron chi connectivity index (χ1n) is 8.24. The van der Waals surface area contributed by atoms with Crippen molar-refractivity contribution in [3.63, 3.8) is 0 Å². The highest BCUT2D eigenvalue weighted by atomic mass is 32.2. The number of hydrogen-bond acceptors (Lipinski definition) is 2. The Kier molecular flexibility index (Phi) is 7.64. The van der Waals surface area contributed by atoms with Crippen LogP contribution in [-0.4, -0.2) is 46.6 Å². The van der Waals surface area contributed by atoms with Crippen molar-refractivity contribution in [2.45, 2.75) is 83.0 Å². The molecule has 0 N–H and O–H groups in total. The second kappa shape index (κ2) is 8.37. The lowest BCUT2D eigenvalue weighted by molar-refractivity contribution is -0.284. The average Bonchev–Trinajstić information content (AvgIpc) is 2.84. The maximum Gasteiger partial charge on any atom is 0.453 e. The van der Waals surface area contributed by atoms with Crippen LogP contribution in [0.2, 0.25) is 0 Å². The van der Waals surface area contributed by atoms with Crippen molar-refractivity contribution in [2.75, 3.05) is 18.1 Å². The van der Waals surface area contributed by atoms with E-state index in [4.69, 9.17) is 0 Å². The van der Waals surface area contributed by atoms with E-state index < -0.39 is 18.5 Å². The van der Waals surface area contributed by atoms with E-state index in [-0.39, 0.29) is 12.0 Å². The molecule has 0 spiro atoms. The van der Waals surface area contributed by atoms with Gasteiger partial charge in [0.1, 0.15) is 0 Å². The monoisotopic (exact) mass is 361 g/mol. The van der Waals surface area contributed by atoms with E-state index in [1.807, 2.05) is 0 Å². The molecule has 0 aromatic heterocycles. The molecule has 1 fully saturated rings. The summed E-state index contributed by atoms with van der Waals surface area (Å²) in [5.74, 6) is -3.37. The van der Waals surface area contributed by atoms with Gasteiger partial charge >= 0.3 is 12.1 Å². The molecule has 1 saturated heterocycles. The summed E-state index contributed by atoms with van der Waals surface area (Å²) >= 11 is 1.48. The Morgan fingerprint density at radius 1 is 1.00 bits per heavy atom. The molecule has 1 rings (SSSR count). The van der Waals surface area contributed by atoms with Crippen LogP contribution in [0.1, 0.15) is 59.3 Å². The number of alkyl halides is 5. The number of nitrogens with zero attached hydrogens (tertiary/aromatic N) is 1. The van der Waals surface area contributed by atoms with E-state index >= 15 is 0 Å². The predicted molar refractivity (Wildman–Crippen MR) is 86.3 cm³/mol. The molecule has 1 heterocycles. The lowest BCUT2D eigenvalue weighted by Crippen LogP contribution is -2.44. The fourth-order valence-corrected chi connectivity index (χ4v) is 4.00. The smallest absolute Gasteiger partial charge is 0.296 e. The maximum absolute atomic E-state index is 12.7. The van der Waals surface area contributed by atoms with Crippen LogP contribution in [0.15, 0.2) is 0 Å². The van der Waals surface area contributed by atoms with E-state index in [0.29, 0.717) is 11.8 Å². The summed E-state index contributed by atoms with van der Waals surface area (Å²) < 4.78 is 61.5. The van der Waals surface area contributed by atoms with Crippen molar-refractivity contribution >= 4 is 11.8 Å². The zero-order chi connectivity index (χ0) is 17.7. The minimum atomic E-state index is -5.42. The number of halogens is 5. The van der Waals surface area contributed by atoms with Gasteiger partial charge in [-0.2, -0.15) is 33.7 Å². The van der Waals surface area contributed by atoms with E-state index in [1.54, 1.807) is 0 Å². The molecule has 1 aliphatic rings. The van der Waals surface area contributed by atoms with E-state index in [0.717, 1.165) is 25.1 Å². The van der Waals surface area contributed by atoms with E-state index in [1.165, 1.54) is 24.6 Å². The summed E-state index contributed by atoms with van der Waals surface area (Å²) in [5.41, 5.74) is 0.164. The van der Waals surface area contributed by atoms with Gasteiger partial charge < -0.3 is 0 Å².